The van der Waals surface area contributed by atoms with Crippen LogP contribution in [-0.4, -0.2) is 52.7 Å². The van der Waals surface area contributed by atoms with Gasteiger partial charge >= 0.3 is 16.8 Å². The Labute approximate surface area is 291 Å². The van der Waals surface area contributed by atoms with Crippen LogP contribution in [0.25, 0.3) is 0 Å². The number of aromatic nitrogens is 1. The van der Waals surface area contributed by atoms with E-state index < -0.39 is 51.6 Å². The zero-order chi connectivity index (χ0) is 34.1. The van der Waals surface area contributed by atoms with E-state index in [0.29, 0.717) is 26.8 Å². The van der Waals surface area contributed by atoms with Crippen LogP contribution in [0.2, 0.25) is 0 Å². The van der Waals surface area contributed by atoms with E-state index in [4.69, 9.17) is 9.47 Å². The molecule has 246 valence electrons. The topological polar surface area (TPSA) is 141 Å². The standard InChI is InChI=1S/C34H28BrN3O8S2/c1-3-45-32(42)18-8-12-22(13-9-18)36-24(39)17-37-31-28(48-34(37)44)25(20-6-5-7-21(35)16-20)26-27(47-31)30(41)38(29(26)40)23-14-10-19(11-15-23)33(43)46-4-2/h5-16,25-27H,3-4,17H2,1-2H3,(H,36,39)/t25-,26-,27+/m0/s1. The number of carbonyl (C=O) groups excluding carboxylic acids is 5. The lowest BCUT2D eigenvalue weighted by Crippen LogP contribution is -2.33. The van der Waals surface area contributed by atoms with Crippen molar-refractivity contribution in [1.82, 2.24) is 4.57 Å². The van der Waals surface area contributed by atoms with E-state index in [-0.39, 0.29) is 25.3 Å². The van der Waals surface area contributed by atoms with Gasteiger partial charge < -0.3 is 14.8 Å². The molecule has 0 spiro atoms. The predicted octanol–water partition coefficient (Wildman–Crippen LogP) is 5.46. The predicted molar refractivity (Wildman–Crippen MR) is 184 cm³/mol. The Morgan fingerprint density at radius 3 is 2.08 bits per heavy atom. The Bertz CT molecular complexity index is 1990. The molecule has 3 atom stereocenters. The van der Waals surface area contributed by atoms with Crippen molar-refractivity contribution in [1.29, 1.82) is 0 Å². The molecule has 0 aliphatic carbocycles. The number of nitrogens with one attached hydrogen (secondary N) is 1. The van der Waals surface area contributed by atoms with Crippen molar-refractivity contribution >= 4 is 80.1 Å². The summed E-state index contributed by atoms with van der Waals surface area (Å²) in [5, 5.41) is 2.32. The maximum atomic E-state index is 14.1. The number of anilines is 2. The zero-order valence-electron chi connectivity index (χ0n) is 25.6. The molecule has 2 aliphatic rings. The number of nitrogens with zero attached hydrogens (tertiary/aromatic N) is 2. The summed E-state index contributed by atoms with van der Waals surface area (Å²) in [6.07, 6.45) is 0. The number of esters is 2. The first-order valence-electron chi connectivity index (χ1n) is 15.0. The largest absolute Gasteiger partial charge is 0.462 e. The van der Waals surface area contributed by atoms with Crippen molar-refractivity contribution in [3.63, 3.8) is 0 Å². The Balaban J connectivity index is 1.32. The lowest BCUT2D eigenvalue weighted by atomic mass is 9.83. The maximum Gasteiger partial charge on any atom is 0.338 e. The number of carbonyl (C=O) groups is 5. The van der Waals surface area contributed by atoms with Crippen LogP contribution in [-0.2, 0) is 30.4 Å². The van der Waals surface area contributed by atoms with Crippen LogP contribution in [0.15, 0.2) is 87.1 Å². The summed E-state index contributed by atoms with van der Waals surface area (Å²) in [6, 6.07) is 19.6. The molecule has 0 radical (unpaired) electrons. The van der Waals surface area contributed by atoms with E-state index in [2.05, 4.69) is 21.2 Å². The van der Waals surface area contributed by atoms with Crippen molar-refractivity contribution in [2.75, 3.05) is 23.4 Å². The molecular weight excluding hydrogens is 722 g/mol. The zero-order valence-corrected chi connectivity index (χ0v) is 28.9. The van der Waals surface area contributed by atoms with Gasteiger partial charge in [-0.1, -0.05) is 51.2 Å². The summed E-state index contributed by atoms with van der Waals surface area (Å²) in [5.41, 5.74) is 2.10. The number of thioether (sulfide) groups is 1. The smallest absolute Gasteiger partial charge is 0.338 e. The van der Waals surface area contributed by atoms with Gasteiger partial charge in [0, 0.05) is 21.0 Å². The van der Waals surface area contributed by atoms with E-state index in [1.807, 2.05) is 24.3 Å². The Morgan fingerprint density at radius 2 is 1.48 bits per heavy atom. The van der Waals surface area contributed by atoms with Gasteiger partial charge in [0.05, 0.1) is 41.0 Å². The molecule has 1 fully saturated rings. The average molecular weight is 751 g/mol. The Hall–Kier alpha value is -4.53. The molecule has 1 saturated heterocycles. The molecule has 48 heavy (non-hydrogen) atoms. The minimum absolute atomic E-state index is 0.211. The molecule has 1 aromatic heterocycles. The van der Waals surface area contributed by atoms with E-state index in [0.717, 1.165) is 38.0 Å². The molecule has 0 saturated carbocycles. The third kappa shape index (κ3) is 6.34. The van der Waals surface area contributed by atoms with Crippen LogP contribution >= 0.6 is 39.0 Å². The number of hydrogen-bond donors (Lipinski definition) is 1. The molecule has 2 aliphatic heterocycles. The molecule has 3 heterocycles. The van der Waals surface area contributed by atoms with Crippen molar-refractivity contribution in [2.24, 2.45) is 5.92 Å². The van der Waals surface area contributed by atoms with Gasteiger partial charge in [-0.2, -0.15) is 0 Å². The van der Waals surface area contributed by atoms with Gasteiger partial charge in [0.25, 0.3) is 0 Å². The van der Waals surface area contributed by atoms with Crippen LogP contribution in [0.4, 0.5) is 11.4 Å². The van der Waals surface area contributed by atoms with Gasteiger partial charge in [-0.3, -0.25) is 23.7 Å². The Kier molecular flexibility index (Phi) is 9.67. The number of ether oxygens (including phenoxy) is 2. The van der Waals surface area contributed by atoms with Gasteiger partial charge in [0.15, 0.2) is 0 Å². The summed E-state index contributed by atoms with van der Waals surface area (Å²) < 4.78 is 12.1. The van der Waals surface area contributed by atoms with E-state index >= 15 is 0 Å². The van der Waals surface area contributed by atoms with E-state index in [9.17, 15) is 28.8 Å². The number of halogens is 1. The van der Waals surface area contributed by atoms with Gasteiger partial charge in [-0.05, 0) is 80.1 Å². The molecule has 0 unspecified atom stereocenters. The molecule has 3 amide bonds. The van der Waals surface area contributed by atoms with Gasteiger partial charge in [0.1, 0.15) is 11.8 Å². The average Bonchev–Trinajstić information content (AvgIpc) is 3.51. The quantitative estimate of drug-likeness (QED) is 0.175. The normalized spacial score (nSPS) is 18.2. The fourth-order valence-electron chi connectivity index (χ4n) is 5.78. The second-order valence-electron chi connectivity index (χ2n) is 10.8. The first-order valence-corrected chi connectivity index (χ1v) is 17.5. The van der Waals surface area contributed by atoms with Crippen LogP contribution < -0.4 is 15.1 Å². The van der Waals surface area contributed by atoms with Gasteiger partial charge in [0.2, 0.25) is 17.7 Å². The Morgan fingerprint density at radius 1 is 0.854 bits per heavy atom. The first-order chi connectivity index (χ1) is 23.1. The van der Waals surface area contributed by atoms with Crippen LogP contribution in [0.5, 0.6) is 0 Å². The molecule has 11 nitrogen and oxygen atoms in total. The first kappa shape index (κ1) is 33.4. The number of fused-ring (bicyclic) bond motifs is 2. The van der Waals surface area contributed by atoms with Crippen LogP contribution in [0.3, 0.4) is 0 Å². The highest BCUT2D eigenvalue weighted by Gasteiger charge is 2.56. The fraction of sp³-hybridized carbons (Fsp3) is 0.235. The molecular formula is C34H28BrN3O8S2. The van der Waals surface area contributed by atoms with E-state index in [1.54, 1.807) is 26.0 Å². The lowest BCUT2D eigenvalue weighted by Gasteiger charge is -2.30. The second kappa shape index (κ2) is 13.9. The number of imide groups is 1. The van der Waals surface area contributed by atoms with Crippen molar-refractivity contribution in [3.05, 3.63) is 109 Å². The molecule has 1 N–H and O–H groups in total. The highest BCUT2D eigenvalue weighted by molar-refractivity contribution is 9.10. The van der Waals surface area contributed by atoms with Crippen molar-refractivity contribution in [2.45, 2.75) is 36.6 Å². The third-order valence-corrected chi connectivity index (χ3v) is 11.0. The summed E-state index contributed by atoms with van der Waals surface area (Å²) in [7, 11) is 0. The number of hydrogen-bond acceptors (Lipinski definition) is 10. The lowest BCUT2D eigenvalue weighted by molar-refractivity contribution is -0.122. The van der Waals surface area contributed by atoms with Crippen molar-refractivity contribution < 1.29 is 33.4 Å². The van der Waals surface area contributed by atoms with Crippen LogP contribution in [0, 0.1) is 5.92 Å². The maximum absolute atomic E-state index is 14.1. The minimum atomic E-state index is -0.877. The fourth-order valence-corrected chi connectivity index (χ4v) is 8.97. The molecule has 6 rings (SSSR count). The monoisotopic (exact) mass is 749 g/mol. The van der Waals surface area contributed by atoms with E-state index in [1.165, 1.54) is 41.0 Å². The summed E-state index contributed by atoms with van der Waals surface area (Å²) in [6.45, 7) is 3.53. The SMILES string of the molecule is CCOC(=O)c1ccc(NC(=O)Cn2c3c(sc2=O)[C@@H](c2cccc(Br)c2)[C@@H]2C(=O)N(c4ccc(C(=O)OCC)cc4)C(=O)[C@@H]2S3)cc1. The molecule has 0 bridgehead atoms. The summed E-state index contributed by atoms with van der Waals surface area (Å²) in [4.78, 5) is 80.3. The molecule has 14 heteroatoms. The van der Waals surface area contributed by atoms with Gasteiger partial charge in [-0.25, -0.2) is 14.5 Å². The number of amides is 3. The number of thiazole rings is 1. The second-order valence-corrected chi connectivity index (χ2v) is 13.9. The molecule has 3 aromatic carbocycles. The summed E-state index contributed by atoms with van der Waals surface area (Å²) in [5.74, 6) is -3.82. The summed E-state index contributed by atoms with van der Waals surface area (Å²) >= 11 is 5.56. The third-order valence-electron chi connectivity index (χ3n) is 7.88. The molecule has 4 aromatic rings. The highest BCUT2D eigenvalue weighted by Crippen LogP contribution is 2.54. The highest BCUT2D eigenvalue weighted by atomic mass is 79.9. The number of benzene rings is 3. The van der Waals surface area contributed by atoms with Crippen LogP contribution in [0.1, 0.15) is 50.9 Å². The van der Waals surface area contributed by atoms with Gasteiger partial charge in [-0.15, -0.1) is 0 Å². The minimum Gasteiger partial charge on any atom is -0.462 e. The van der Waals surface area contributed by atoms with Crippen molar-refractivity contribution in [3.8, 4) is 0 Å². The number of rotatable bonds is 9.